The Hall–Kier alpha value is -3.58. The number of hydrogen-bond donors (Lipinski definition) is 2. The van der Waals surface area contributed by atoms with E-state index >= 15 is 0 Å². The van der Waals surface area contributed by atoms with Gasteiger partial charge in [0.25, 0.3) is 0 Å². The number of aryl methyl sites for hydroxylation is 2. The third-order valence-corrected chi connectivity index (χ3v) is 5.10. The third-order valence-electron chi connectivity index (χ3n) is 5.10. The van der Waals surface area contributed by atoms with E-state index < -0.39 is 11.6 Å². The van der Waals surface area contributed by atoms with Crippen LogP contribution in [-0.4, -0.2) is 10.2 Å². The number of hydrogen-bond acceptors (Lipinski definition) is 2. The predicted molar refractivity (Wildman–Crippen MR) is 108 cm³/mol. The first-order chi connectivity index (χ1) is 13.3. The van der Waals surface area contributed by atoms with E-state index in [1.807, 2.05) is 0 Å². The van der Waals surface area contributed by atoms with Crippen molar-refractivity contribution in [2.75, 3.05) is 0 Å². The molecule has 4 heteroatoms. The van der Waals surface area contributed by atoms with Crippen LogP contribution in [0.2, 0.25) is 0 Å². The van der Waals surface area contributed by atoms with Crippen molar-refractivity contribution >= 4 is 21.5 Å². The van der Waals surface area contributed by atoms with E-state index in [9.17, 15) is 19.0 Å². The van der Waals surface area contributed by atoms with Crippen molar-refractivity contribution in [2.24, 2.45) is 0 Å². The number of rotatable bonds is 1. The highest BCUT2D eigenvalue weighted by atomic mass is 19.1. The quantitative estimate of drug-likeness (QED) is 0.404. The number of aromatic hydroxyl groups is 2. The lowest BCUT2D eigenvalue weighted by atomic mass is 9.90. The minimum atomic E-state index is -0.528. The van der Waals surface area contributed by atoms with Crippen LogP contribution in [0.1, 0.15) is 16.7 Å². The molecule has 0 amide bonds. The summed E-state index contributed by atoms with van der Waals surface area (Å²) in [6.07, 6.45) is 5.50. The minimum absolute atomic E-state index is 0.0256. The molecule has 138 valence electrons. The van der Waals surface area contributed by atoms with E-state index in [-0.39, 0.29) is 17.1 Å². The Labute approximate surface area is 160 Å². The van der Waals surface area contributed by atoms with Crippen LogP contribution in [0.25, 0.3) is 32.7 Å². The molecule has 0 spiro atoms. The molecular formula is C24H16F2O2. The summed E-state index contributed by atoms with van der Waals surface area (Å²) >= 11 is 0. The van der Waals surface area contributed by atoms with Gasteiger partial charge in [0.1, 0.15) is 23.1 Å². The minimum Gasteiger partial charge on any atom is -0.508 e. The molecule has 0 bridgehead atoms. The average Bonchev–Trinajstić information content (AvgIpc) is 2.61. The molecule has 4 aromatic carbocycles. The molecule has 0 heterocycles. The molecule has 0 aliphatic heterocycles. The van der Waals surface area contributed by atoms with Crippen LogP contribution in [0.15, 0.2) is 42.5 Å². The molecule has 0 saturated carbocycles. The van der Waals surface area contributed by atoms with Gasteiger partial charge in [0.2, 0.25) is 0 Å². The van der Waals surface area contributed by atoms with Crippen molar-refractivity contribution in [2.45, 2.75) is 13.8 Å². The van der Waals surface area contributed by atoms with Crippen molar-refractivity contribution in [3.05, 3.63) is 70.8 Å². The van der Waals surface area contributed by atoms with Crippen molar-refractivity contribution < 1.29 is 19.0 Å². The lowest BCUT2D eigenvalue weighted by molar-refractivity contribution is 0.475. The van der Waals surface area contributed by atoms with E-state index in [0.29, 0.717) is 43.8 Å². The molecule has 0 radical (unpaired) electrons. The average molecular weight is 374 g/mol. The first-order valence-electron chi connectivity index (χ1n) is 8.66. The number of fused-ring (bicyclic) bond motifs is 2. The molecule has 4 aromatic rings. The molecule has 0 unspecified atom stereocenters. The number of halogens is 2. The van der Waals surface area contributed by atoms with Crippen LogP contribution in [0, 0.1) is 37.8 Å². The Morgan fingerprint density at radius 2 is 1.61 bits per heavy atom. The largest absolute Gasteiger partial charge is 0.508 e. The van der Waals surface area contributed by atoms with Gasteiger partial charge in [0, 0.05) is 16.3 Å². The van der Waals surface area contributed by atoms with Gasteiger partial charge in [-0.15, -0.1) is 6.42 Å². The molecule has 2 N–H and O–H groups in total. The van der Waals surface area contributed by atoms with Gasteiger partial charge in [-0.3, -0.25) is 0 Å². The standard InChI is InChI=1S/C24H16F2O2/c1-4-18-19(25)6-5-14-11-21(28)24(13(3)23(14)18)16-8-15-9-17(27)7-12(2)22(15)20(26)10-16/h1,5-11,27-28H,2-3H3. The maximum Gasteiger partial charge on any atom is 0.139 e. The van der Waals surface area contributed by atoms with Crippen molar-refractivity contribution in [3.63, 3.8) is 0 Å². The Morgan fingerprint density at radius 1 is 0.857 bits per heavy atom. The summed E-state index contributed by atoms with van der Waals surface area (Å²) in [6, 6.07) is 10.3. The third kappa shape index (κ3) is 2.56. The first kappa shape index (κ1) is 17.8. The van der Waals surface area contributed by atoms with Crippen LogP contribution < -0.4 is 0 Å². The SMILES string of the molecule is C#Cc1c(F)ccc2cc(O)c(-c3cc(F)c4c(C)cc(O)cc4c3)c(C)c12. The zero-order valence-corrected chi connectivity index (χ0v) is 15.3. The summed E-state index contributed by atoms with van der Waals surface area (Å²) in [7, 11) is 0. The topological polar surface area (TPSA) is 40.5 Å². The number of phenolic OH excluding ortho intramolecular Hbond substituents is 2. The van der Waals surface area contributed by atoms with Crippen molar-refractivity contribution in [1.29, 1.82) is 0 Å². The van der Waals surface area contributed by atoms with E-state index in [1.165, 1.54) is 30.3 Å². The molecular weight excluding hydrogens is 358 g/mol. The highest BCUT2D eigenvalue weighted by Crippen LogP contribution is 2.41. The van der Waals surface area contributed by atoms with Crippen LogP contribution in [0.5, 0.6) is 11.5 Å². The number of terminal acetylenes is 1. The molecule has 0 aromatic heterocycles. The molecule has 0 aliphatic carbocycles. The van der Waals surface area contributed by atoms with E-state index in [4.69, 9.17) is 6.42 Å². The van der Waals surface area contributed by atoms with Gasteiger partial charge >= 0.3 is 0 Å². The van der Waals surface area contributed by atoms with Gasteiger partial charge in [-0.25, -0.2) is 8.78 Å². The fourth-order valence-corrected chi connectivity index (χ4v) is 3.96. The molecule has 28 heavy (non-hydrogen) atoms. The van der Waals surface area contributed by atoms with Crippen LogP contribution in [0.3, 0.4) is 0 Å². The Balaban J connectivity index is 2.11. The van der Waals surface area contributed by atoms with Crippen molar-refractivity contribution in [1.82, 2.24) is 0 Å². The number of phenols is 2. The maximum absolute atomic E-state index is 14.9. The molecule has 0 atom stereocenters. The second kappa shape index (κ2) is 6.24. The van der Waals surface area contributed by atoms with Gasteiger partial charge in [0.05, 0.1) is 5.56 Å². The highest BCUT2D eigenvalue weighted by molar-refractivity contribution is 6.00. The molecule has 0 aliphatic rings. The summed E-state index contributed by atoms with van der Waals surface area (Å²) in [5, 5.41) is 22.5. The second-order valence-electron chi connectivity index (χ2n) is 6.88. The highest BCUT2D eigenvalue weighted by Gasteiger charge is 2.18. The fraction of sp³-hybridized carbons (Fsp3) is 0.0833. The fourth-order valence-electron chi connectivity index (χ4n) is 3.96. The Bertz CT molecular complexity index is 1330. The Morgan fingerprint density at radius 3 is 2.32 bits per heavy atom. The number of benzene rings is 4. The monoisotopic (exact) mass is 374 g/mol. The van der Waals surface area contributed by atoms with Crippen LogP contribution >= 0.6 is 0 Å². The van der Waals surface area contributed by atoms with Gasteiger partial charge in [-0.05, 0) is 77.7 Å². The van der Waals surface area contributed by atoms with Gasteiger partial charge < -0.3 is 10.2 Å². The van der Waals surface area contributed by atoms with Gasteiger partial charge in [0.15, 0.2) is 0 Å². The molecule has 4 rings (SSSR count). The summed E-state index contributed by atoms with van der Waals surface area (Å²) in [4.78, 5) is 0. The van der Waals surface area contributed by atoms with E-state index in [1.54, 1.807) is 26.0 Å². The zero-order valence-electron chi connectivity index (χ0n) is 15.3. The smallest absolute Gasteiger partial charge is 0.139 e. The molecule has 2 nitrogen and oxygen atoms in total. The van der Waals surface area contributed by atoms with Gasteiger partial charge in [-0.2, -0.15) is 0 Å². The van der Waals surface area contributed by atoms with Gasteiger partial charge in [-0.1, -0.05) is 12.0 Å². The first-order valence-corrected chi connectivity index (χ1v) is 8.66. The Kier molecular flexibility index (Phi) is 3.97. The molecule has 0 fully saturated rings. The lowest BCUT2D eigenvalue weighted by Crippen LogP contribution is -1.94. The zero-order chi connectivity index (χ0) is 20.2. The maximum atomic E-state index is 14.9. The van der Waals surface area contributed by atoms with E-state index in [2.05, 4.69) is 5.92 Å². The van der Waals surface area contributed by atoms with E-state index in [0.717, 1.165) is 0 Å². The summed E-state index contributed by atoms with van der Waals surface area (Å²) in [5.41, 5.74) is 2.05. The van der Waals surface area contributed by atoms with Crippen molar-refractivity contribution in [3.8, 4) is 35.0 Å². The lowest BCUT2D eigenvalue weighted by Gasteiger charge is -2.15. The normalized spacial score (nSPS) is 11.1. The predicted octanol–water partition coefficient (Wildman–Crippen LogP) is 5.95. The second-order valence-corrected chi connectivity index (χ2v) is 6.88. The summed E-state index contributed by atoms with van der Waals surface area (Å²) < 4.78 is 29.1. The van der Waals surface area contributed by atoms with Crippen LogP contribution in [0.4, 0.5) is 8.78 Å². The summed E-state index contributed by atoms with van der Waals surface area (Å²) in [5.74, 6) is 1.34. The summed E-state index contributed by atoms with van der Waals surface area (Å²) in [6.45, 7) is 3.43. The van der Waals surface area contributed by atoms with Crippen LogP contribution in [-0.2, 0) is 0 Å². The molecule has 0 saturated heterocycles.